The third-order valence-electron chi connectivity index (χ3n) is 3.46. The Morgan fingerprint density at radius 1 is 1.23 bits per heavy atom. The molecule has 134 valence electrons. The van der Waals surface area contributed by atoms with E-state index < -0.39 is 5.82 Å². The molecule has 0 aliphatic carbocycles. The van der Waals surface area contributed by atoms with Crippen molar-refractivity contribution in [3.05, 3.63) is 71.3 Å². The summed E-state index contributed by atoms with van der Waals surface area (Å²) < 4.78 is 25.2. The van der Waals surface area contributed by atoms with Crippen molar-refractivity contribution in [2.24, 2.45) is 0 Å². The summed E-state index contributed by atoms with van der Waals surface area (Å²) in [7, 11) is 1.55. The van der Waals surface area contributed by atoms with Gasteiger partial charge in [0.15, 0.2) is 12.4 Å². The fourth-order valence-corrected chi connectivity index (χ4v) is 2.33. The Morgan fingerprint density at radius 2 is 2.08 bits per heavy atom. The van der Waals surface area contributed by atoms with Crippen molar-refractivity contribution in [2.75, 3.05) is 12.4 Å². The summed E-state index contributed by atoms with van der Waals surface area (Å²) >= 11 is 5.70. The molecule has 2 aromatic carbocycles. The predicted octanol–water partition coefficient (Wildman–Crippen LogP) is 3.97. The zero-order valence-corrected chi connectivity index (χ0v) is 14.5. The van der Waals surface area contributed by atoms with Crippen molar-refractivity contribution in [3.63, 3.8) is 0 Å². The molecule has 0 radical (unpaired) electrons. The van der Waals surface area contributed by atoms with Gasteiger partial charge in [-0.1, -0.05) is 17.7 Å². The van der Waals surface area contributed by atoms with E-state index in [4.69, 9.17) is 21.1 Å². The number of amides is 1. The third-order valence-corrected chi connectivity index (χ3v) is 3.75. The van der Waals surface area contributed by atoms with E-state index in [9.17, 15) is 9.18 Å². The van der Waals surface area contributed by atoms with Gasteiger partial charge in [-0.05, 0) is 30.3 Å². The Kier molecular flexibility index (Phi) is 5.38. The summed E-state index contributed by atoms with van der Waals surface area (Å²) in [4.78, 5) is 12.3. The number of anilines is 1. The molecular weight excluding hydrogens is 361 g/mol. The van der Waals surface area contributed by atoms with Gasteiger partial charge >= 0.3 is 0 Å². The van der Waals surface area contributed by atoms with Crippen LogP contribution in [0.1, 0.15) is 10.5 Å². The van der Waals surface area contributed by atoms with E-state index in [1.807, 2.05) is 0 Å². The van der Waals surface area contributed by atoms with Gasteiger partial charge in [0.1, 0.15) is 17.3 Å². The standard InChI is InChI=1S/C18H15ClFN3O3/c1-25-13-4-2-3-12(9-13)21-18(24)17-7-8-23(22-17)11-26-14-5-6-16(20)15(19)10-14/h2-10H,11H2,1H3,(H,21,24). The van der Waals surface area contributed by atoms with Gasteiger partial charge in [-0.25, -0.2) is 9.07 Å². The van der Waals surface area contributed by atoms with Gasteiger partial charge in [0.05, 0.1) is 12.1 Å². The molecule has 26 heavy (non-hydrogen) atoms. The highest BCUT2D eigenvalue weighted by molar-refractivity contribution is 6.30. The summed E-state index contributed by atoms with van der Waals surface area (Å²) in [5.41, 5.74) is 0.828. The molecule has 1 N–H and O–H groups in total. The van der Waals surface area contributed by atoms with Crippen LogP contribution in [0.2, 0.25) is 5.02 Å². The van der Waals surface area contributed by atoms with E-state index in [0.29, 0.717) is 17.2 Å². The highest BCUT2D eigenvalue weighted by atomic mass is 35.5. The van der Waals surface area contributed by atoms with Crippen LogP contribution in [-0.2, 0) is 6.73 Å². The minimum atomic E-state index is -0.519. The molecule has 1 aromatic heterocycles. The number of carbonyl (C=O) groups excluding carboxylic acids is 1. The molecule has 0 aliphatic heterocycles. The van der Waals surface area contributed by atoms with Crippen LogP contribution in [0.4, 0.5) is 10.1 Å². The van der Waals surface area contributed by atoms with E-state index >= 15 is 0 Å². The first kappa shape index (κ1) is 17.8. The maximum atomic E-state index is 13.1. The lowest BCUT2D eigenvalue weighted by Gasteiger charge is -2.07. The van der Waals surface area contributed by atoms with Gasteiger partial charge in [-0.15, -0.1) is 0 Å². The van der Waals surface area contributed by atoms with Crippen LogP contribution in [0.15, 0.2) is 54.7 Å². The number of methoxy groups -OCH3 is 1. The summed E-state index contributed by atoms with van der Waals surface area (Å²) in [5, 5.41) is 6.86. The Morgan fingerprint density at radius 3 is 2.85 bits per heavy atom. The predicted molar refractivity (Wildman–Crippen MR) is 95.2 cm³/mol. The average molecular weight is 376 g/mol. The maximum absolute atomic E-state index is 13.1. The molecule has 3 aromatic rings. The molecule has 0 aliphatic rings. The minimum Gasteiger partial charge on any atom is -0.497 e. The van der Waals surface area contributed by atoms with Crippen molar-refractivity contribution < 1.29 is 18.7 Å². The molecule has 1 amide bonds. The largest absolute Gasteiger partial charge is 0.497 e. The van der Waals surface area contributed by atoms with Crippen LogP contribution in [-0.4, -0.2) is 22.8 Å². The molecule has 0 saturated heterocycles. The van der Waals surface area contributed by atoms with Crippen LogP contribution < -0.4 is 14.8 Å². The van der Waals surface area contributed by atoms with Gasteiger partial charge < -0.3 is 14.8 Å². The molecule has 0 atom stereocenters. The molecule has 3 rings (SSSR count). The number of carbonyl (C=O) groups is 1. The van der Waals surface area contributed by atoms with Crippen LogP contribution in [0, 0.1) is 5.82 Å². The van der Waals surface area contributed by atoms with E-state index in [-0.39, 0.29) is 23.4 Å². The van der Waals surface area contributed by atoms with E-state index in [0.717, 1.165) is 0 Å². The van der Waals surface area contributed by atoms with E-state index in [1.165, 1.54) is 22.9 Å². The zero-order chi connectivity index (χ0) is 18.5. The monoisotopic (exact) mass is 375 g/mol. The smallest absolute Gasteiger partial charge is 0.276 e. The van der Waals surface area contributed by atoms with Gasteiger partial charge in [0.2, 0.25) is 0 Å². The first-order valence-corrected chi connectivity index (χ1v) is 7.99. The molecule has 8 heteroatoms. The number of aromatic nitrogens is 2. The molecule has 1 heterocycles. The van der Waals surface area contributed by atoms with Crippen molar-refractivity contribution in [1.29, 1.82) is 0 Å². The molecule has 0 bridgehead atoms. The minimum absolute atomic E-state index is 0.0266. The van der Waals surface area contributed by atoms with Crippen LogP contribution in [0.5, 0.6) is 11.5 Å². The quantitative estimate of drug-likeness (QED) is 0.708. The SMILES string of the molecule is COc1cccc(NC(=O)c2ccn(COc3ccc(F)c(Cl)c3)n2)c1. The first-order chi connectivity index (χ1) is 12.5. The van der Waals surface area contributed by atoms with Crippen LogP contribution in [0.25, 0.3) is 0 Å². The number of nitrogens with zero attached hydrogens (tertiary/aromatic N) is 2. The lowest BCUT2D eigenvalue weighted by molar-refractivity contribution is 0.102. The summed E-state index contributed by atoms with van der Waals surface area (Å²) in [6, 6.07) is 12.6. The molecular formula is C18H15ClFN3O3. The molecule has 0 saturated carbocycles. The summed E-state index contributed by atoms with van der Waals surface area (Å²) in [5.74, 6) is 0.158. The number of benzene rings is 2. The topological polar surface area (TPSA) is 65.4 Å². The van der Waals surface area contributed by atoms with Gasteiger partial charge in [0.25, 0.3) is 5.91 Å². The van der Waals surface area contributed by atoms with E-state index in [2.05, 4.69) is 10.4 Å². The third kappa shape index (κ3) is 4.31. The Balaban J connectivity index is 1.61. The van der Waals surface area contributed by atoms with Crippen LogP contribution in [0.3, 0.4) is 0 Å². The number of ether oxygens (including phenoxy) is 2. The van der Waals surface area contributed by atoms with E-state index in [1.54, 1.807) is 43.6 Å². The Labute approximate surface area is 154 Å². The van der Waals surface area contributed by atoms with Gasteiger partial charge in [-0.3, -0.25) is 4.79 Å². The molecule has 6 nitrogen and oxygen atoms in total. The summed E-state index contributed by atoms with van der Waals surface area (Å²) in [6.45, 7) is 0.0500. The molecule has 0 unspecified atom stereocenters. The number of hydrogen-bond donors (Lipinski definition) is 1. The number of hydrogen-bond acceptors (Lipinski definition) is 4. The molecule has 0 fully saturated rings. The second-order valence-corrected chi connectivity index (χ2v) is 5.68. The first-order valence-electron chi connectivity index (χ1n) is 7.62. The number of rotatable bonds is 6. The van der Waals surface area contributed by atoms with Gasteiger partial charge in [-0.2, -0.15) is 5.10 Å². The normalized spacial score (nSPS) is 10.4. The highest BCUT2D eigenvalue weighted by Crippen LogP contribution is 2.21. The zero-order valence-electron chi connectivity index (χ0n) is 13.8. The van der Waals surface area contributed by atoms with Crippen molar-refractivity contribution in [1.82, 2.24) is 9.78 Å². The molecule has 0 spiro atoms. The highest BCUT2D eigenvalue weighted by Gasteiger charge is 2.11. The number of nitrogens with one attached hydrogen (secondary N) is 1. The summed E-state index contributed by atoms with van der Waals surface area (Å²) in [6.07, 6.45) is 1.60. The van der Waals surface area contributed by atoms with Crippen molar-refractivity contribution >= 4 is 23.2 Å². The maximum Gasteiger partial charge on any atom is 0.276 e. The second kappa shape index (κ2) is 7.88. The van der Waals surface area contributed by atoms with Crippen molar-refractivity contribution in [2.45, 2.75) is 6.73 Å². The van der Waals surface area contributed by atoms with Crippen LogP contribution >= 0.6 is 11.6 Å². The Bertz CT molecular complexity index is 930. The lowest BCUT2D eigenvalue weighted by Crippen LogP contribution is -2.14. The Hall–Kier alpha value is -3.06. The average Bonchev–Trinajstić information content (AvgIpc) is 3.12. The number of halogens is 2. The second-order valence-electron chi connectivity index (χ2n) is 5.28. The lowest BCUT2D eigenvalue weighted by atomic mass is 10.3. The fraction of sp³-hybridized carbons (Fsp3) is 0.111. The fourth-order valence-electron chi connectivity index (χ4n) is 2.16. The van der Waals surface area contributed by atoms with Crippen molar-refractivity contribution in [3.8, 4) is 11.5 Å². The van der Waals surface area contributed by atoms with Gasteiger partial charge in [0, 0.05) is 24.0 Å².